The Hall–Kier alpha value is -2.15. The van der Waals surface area contributed by atoms with Crippen molar-refractivity contribution in [3.8, 4) is 0 Å². The van der Waals surface area contributed by atoms with Gasteiger partial charge < -0.3 is 14.5 Å². The molecule has 1 aromatic heterocycles. The van der Waals surface area contributed by atoms with Crippen LogP contribution in [0.25, 0.3) is 0 Å². The lowest BCUT2D eigenvalue weighted by Gasteiger charge is -2.39. The summed E-state index contributed by atoms with van der Waals surface area (Å²) >= 11 is 5.92. The Morgan fingerprint density at radius 3 is 2.41 bits per heavy atom. The van der Waals surface area contributed by atoms with E-state index in [1.807, 2.05) is 24.4 Å². The van der Waals surface area contributed by atoms with E-state index in [1.54, 1.807) is 0 Å². The molecule has 0 radical (unpaired) electrons. The molecule has 0 saturated carbocycles. The lowest BCUT2D eigenvalue weighted by molar-refractivity contribution is 0.0493. The van der Waals surface area contributed by atoms with Gasteiger partial charge in [0.15, 0.2) is 0 Å². The van der Waals surface area contributed by atoms with E-state index in [4.69, 9.17) is 16.3 Å². The van der Waals surface area contributed by atoms with Gasteiger partial charge in [0, 0.05) is 57.7 Å². The van der Waals surface area contributed by atoms with E-state index >= 15 is 0 Å². The second-order valence-electron chi connectivity index (χ2n) is 9.11. The van der Waals surface area contributed by atoms with Crippen LogP contribution in [-0.4, -0.2) is 70.6 Å². The van der Waals surface area contributed by atoms with E-state index in [0.29, 0.717) is 11.2 Å². The van der Waals surface area contributed by atoms with Crippen molar-refractivity contribution in [2.45, 2.75) is 50.4 Å². The number of benzene rings is 1. The summed E-state index contributed by atoms with van der Waals surface area (Å²) < 4.78 is 5.55. The molecule has 3 fully saturated rings. The molecule has 0 aliphatic carbocycles. The van der Waals surface area contributed by atoms with Crippen molar-refractivity contribution in [3.05, 3.63) is 64.9 Å². The Labute approximate surface area is 195 Å². The molecule has 7 heteroatoms. The van der Waals surface area contributed by atoms with Crippen LogP contribution in [0, 0.1) is 0 Å². The first-order valence-electron chi connectivity index (χ1n) is 11.7. The first kappa shape index (κ1) is 21.7. The number of carbonyl (C=O) groups excluding carboxylic acids is 1. The predicted octanol–water partition coefficient (Wildman–Crippen LogP) is 4.36. The Balaban J connectivity index is 1.29. The number of piperidine rings is 1. The predicted molar refractivity (Wildman–Crippen MR) is 125 cm³/mol. The van der Waals surface area contributed by atoms with Crippen LogP contribution in [0.5, 0.6) is 0 Å². The highest BCUT2D eigenvalue weighted by Gasteiger charge is 2.45. The lowest BCUT2D eigenvalue weighted by Crippen LogP contribution is -2.48. The van der Waals surface area contributed by atoms with Crippen molar-refractivity contribution < 1.29 is 9.53 Å². The third-order valence-corrected chi connectivity index (χ3v) is 7.36. The zero-order valence-corrected chi connectivity index (χ0v) is 19.2. The average molecular weight is 455 g/mol. The fourth-order valence-corrected chi connectivity index (χ4v) is 5.51. The molecule has 1 atom stereocenters. The molecule has 1 aromatic carbocycles. The standard InChI is InChI=1S/C25H31ClN4O2/c26-24-7-6-19(16-27-24)17-28-12-8-22(9-13-28)30-23(20-4-2-1-3-5-20)18-29(25(30)31)21-10-14-32-15-11-21/h1-7,16,21-23H,8-15,17-18H2. The van der Waals surface area contributed by atoms with E-state index in [-0.39, 0.29) is 18.1 Å². The highest BCUT2D eigenvalue weighted by atomic mass is 35.5. The molecule has 6 nitrogen and oxygen atoms in total. The van der Waals surface area contributed by atoms with E-state index in [1.165, 1.54) is 11.1 Å². The summed E-state index contributed by atoms with van der Waals surface area (Å²) in [4.78, 5) is 24.7. The Bertz CT molecular complexity index is 896. The number of carbonyl (C=O) groups is 1. The fraction of sp³-hybridized carbons (Fsp3) is 0.520. The number of rotatable bonds is 5. The second kappa shape index (κ2) is 9.77. The van der Waals surface area contributed by atoms with Gasteiger partial charge in [-0.15, -0.1) is 0 Å². The molecule has 3 aliphatic heterocycles. The molecular weight excluding hydrogens is 424 g/mol. The van der Waals surface area contributed by atoms with Crippen molar-refractivity contribution in [2.75, 3.05) is 32.8 Å². The maximum atomic E-state index is 13.7. The van der Waals surface area contributed by atoms with E-state index < -0.39 is 0 Å². The monoisotopic (exact) mass is 454 g/mol. The van der Waals surface area contributed by atoms with Crippen molar-refractivity contribution in [2.24, 2.45) is 0 Å². The molecule has 0 bridgehead atoms. The molecule has 0 spiro atoms. The number of hydrogen-bond donors (Lipinski definition) is 0. The van der Waals surface area contributed by atoms with Crippen molar-refractivity contribution in [3.63, 3.8) is 0 Å². The van der Waals surface area contributed by atoms with Crippen LogP contribution < -0.4 is 0 Å². The number of amides is 2. The molecule has 170 valence electrons. The molecule has 32 heavy (non-hydrogen) atoms. The zero-order chi connectivity index (χ0) is 21.9. The first-order chi connectivity index (χ1) is 15.7. The van der Waals surface area contributed by atoms with E-state index in [9.17, 15) is 4.79 Å². The van der Waals surface area contributed by atoms with Gasteiger partial charge in [0.2, 0.25) is 0 Å². The molecular formula is C25H31ClN4O2. The molecule has 5 rings (SSSR count). The number of hydrogen-bond acceptors (Lipinski definition) is 4. The SMILES string of the molecule is O=C1N(C2CCOCC2)CC(c2ccccc2)N1C1CCN(Cc2ccc(Cl)nc2)CC1. The number of halogens is 1. The van der Waals surface area contributed by atoms with Crippen LogP contribution >= 0.6 is 11.6 Å². The highest BCUT2D eigenvalue weighted by molar-refractivity contribution is 6.29. The van der Waals surface area contributed by atoms with Crippen LogP contribution in [0.15, 0.2) is 48.7 Å². The maximum Gasteiger partial charge on any atom is 0.321 e. The summed E-state index contributed by atoms with van der Waals surface area (Å²) in [6.45, 7) is 5.13. The second-order valence-corrected chi connectivity index (χ2v) is 9.50. The Kier molecular flexibility index (Phi) is 6.62. The third kappa shape index (κ3) is 4.63. The number of urea groups is 1. The highest BCUT2D eigenvalue weighted by Crippen LogP contribution is 2.37. The van der Waals surface area contributed by atoms with Gasteiger partial charge in [-0.3, -0.25) is 4.90 Å². The summed E-state index contributed by atoms with van der Waals surface area (Å²) in [7, 11) is 0. The van der Waals surface area contributed by atoms with Crippen LogP contribution in [0.3, 0.4) is 0 Å². The summed E-state index contributed by atoms with van der Waals surface area (Å²) in [5.74, 6) is 0. The quantitative estimate of drug-likeness (QED) is 0.630. The largest absolute Gasteiger partial charge is 0.381 e. The third-order valence-electron chi connectivity index (χ3n) is 7.13. The van der Waals surface area contributed by atoms with Crippen LogP contribution in [0.2, 0.25) is 5.15 Å². The number of nitrogens with zero attached hydrogens (tertiary/aromatic N) is 4. The lowest BCUT2D eigenvalue weighted by atomic mass is 9.99. The number of pyridine rings is 1. The summed E-state index contributed by atoms with van der Waals surface area (Å²) in [5, 5.41) is 0.529. The molecule has 3 aliphatic rings. The zero-order valence-electron chi connectivity index (χ0n) is 18.4. The number of ether oxygens (including phenoxy) is 1. The summed E-state index contributed by atoms with van der Waals surface area (Å²) in [5.41, 5.74) is 2.42. The van der Waals surface area contributed by atoms with Gasteiger partial charge in [0.25, 0.3) is 0 Å². The molecule has 2 aromatic rings. The van der Waals surface area contributed by atoms with Gasteiger partial charge in [-0.1, -0.05) is 48.0 Å². The minimum absolute atomic E-state index is 0.128. The van der Waals surface area contributed by atoms with Gasteiger partial charge in [0.05, 0.1) is 6.04 Å². The van der Waals surface area contributed by atoms with Gasteiger partial charge in [-0.05, 0) is 42.9 Å². The van der Waals surface area contributed by atoms with Crippen LogP contribution in [0.1, 0.15) is 42.9 Å². The molecule has 2 amide bonds. The molecule has 4 heterocycles. The molecule has 1 unspecified atom stereocenters. The van der Waals surface area contributed by atoms with Crippen LogP contribution in [-0.2, 0) is 11.3 Å². The van der Waals surface area contributed by atoms with Crippen molar-refractivity contribution in [1.29, 1.82) is 0 Å². The topological polar surface area (TPSA) is 48.9 Å². The average Bonchev–Trinajstić information content (AvgIpc) is 3.19. The first-order valence-corrected chi connectivity index (χ1v) is 12.1. The maximum absolute atomic E-state index is 13.7. The van der Waals surface area contributed by atoms with Gasteiger partial charge in [0.1, 0.15) is 5.15 Å². The number of aromatic nitrogens is 1. The fourth-order valence-electron chi connectivity index (χ4n) is 5.40. The van der Waals surface area contributed by atoms with Crippen molar-refractivity contribution >= 4 is 17.6 Å². The van der Waals surface area contributed by atoms with Gasteiger partial charge >= 0.3 is 6.03 Å². The minimum atomic E-state index is 0.128. The van der Waals surface area contributed by atoms with E-state index in [2.05, 4.69) is 43.9 Å². The Morgan fingerprint density at radius 2 is 1.72 bits per heavy atom. The van der Waals surface area contributed by atoms with E-state index in [0.717, 1.165) is 65.1 Å². The Morgan fingerprint density at radius 1 is 0.969 bits per heavy atom. The normalized spacial score (nSPS) is 23.8. The molecule has 3 saturated heterocycles. The number of likely N-dealkylation sites (tertiary alicyclic amines) is 1. The molecule has 0 N–H and O–H groups in total. The smallest absolute Gasteiger partial charge is 0.321 e. The van der Waals surface area contributed by atoms with Crippen molar-refractivity contribution in [1.82, 2.24) is 19.7 Å². The summed E-state index contributed by atoms with van der Waals surface area (Å²) in [6, 6.07) is 15.4. The summed E-state index contributed by atoms with van der Waals surface area (Å²) in [6.07, 6.45) is 5.73. The van der Waals surface area contributed by atoms with Crippen LogP contribution in [0.4, 0.5) is 4.79 Å². The minimum Gasteiger partial charge on any atom is -0.381 e. The van der Waals surface area contributed by atoms with Gasteiger partial charge in [-0.2, -0.15) is 0 Å². The van der Waals surface area contributed by atoms with Gasteiger partial charge in [-0.25, -0.2) is 9.78 Å².